The summed E-state index contributed by atoms with van der Waals surface area (Å²) in [6.45, 7) is 0. The first kappa shape index (κ1) is 14.5. The summed E-state index contributed by atoms with van der Waals surface area (Å²) in [5.74, 6) is -4.86. The monoisotopic (exact) mass is 299 g/mol. The van der Waals surface area contributed by atoms with Crippen LogP contribution in [0.1, 0.15) is 0 Å². The standard InChI is InChI=1S/C11H8F3N5O2/c1-15-10-9(19(20)21)11(17-4-16-10)18-5-2-6(12)8(14)7(13)3-5/h2-4H,1H3,(H2,15,16,17,18). The van der Waals surface area contributed by atoms with Gasteiger partial charge in [-0.2, -0.15) is 0 Å². The molecular weight excluding hydrogens is 291 g/mol. The molecule has 10 heteroatoms. The van der Waals surface area contributed by atoms with Crippen molar-refractivity contribution in [3.05, 3.63) is 46.0 Å². The van der Waals surface area contributed by atoms with E-state index in [0.29, 0.717) is 12.1 Å². The summed E-state index contributed by atoms with van der Waals surface area (Å²) in [5.41, 5.74) is -0.736. The van der Waals surface area contributed by atoms with Crippen molar-refractivity contribution in [3.63, 3.8) is 0 Å². The minimum atomic E-state index is -1.63. The van der Waals surface area contributed by atoms with E-state index in [9.17, 15) is 23.3 Å². The van der Waals surface area contributed by atoms with E-state index < -0.39 is 28.1 Å². The highest BCUT2D eigenvalue weighted by Gasteiger charge is 2.23. The smallest absolute Gasteiger partial charge is 0.353 e. The molecule has 0 aliphatic heterocycles. The highest BCUT2D eigenvalue weighted by atomic mass is 19.2. The number of aromatic nitrogens is 2. The van der Waals surface area contributed by atoms with Gasteiger partial charge in [-0.25, -0.2) is 23.1 Å². The highest BCUT2D eigenvalue weighted by Crippen LogP contribution is 2.31. The second kappa shape index (κ2) is 5.61. The lowest BCUT2D eigenvalue weighted by Gasteiger charge is -2.08. The summed E-state index contributed by atoms with van der Waals surface area (Å²) in [7, 11) is 1.41. The minimum Gasteiger partial charge on any atom is -0.367 e. The molecule has 0 atom stereocenters. The average molecular weight is 299 g/mol. The van der Waals surface area contributed by atoms with Gasteiger partial charge in [0, 0.05) is 24.9 Å². The molecule has 0 saturated carbocycles. The van der Waals surface area contributed by atoms with Crippen LogP contribution in [0.5, 0.6) is 0 Å². The third kappa shape index (κ3) is 2.83. The van der Waals surface area contributed by atoms with Crippen LogP contribution in [0.25, 0.3) is 0 Å². The van der Waals surface area contributed by atoms with E-state index in [1.807, 2.05) is 0 Å². The molecule has 21 heavy (non-hydrogen) atoms. The fraction of sp³-hybridized carbons (Fsp3) is 0.0909. The molecule has 7 nitrogen and oxygen atoms in total. The Morgan fingerprint density at radius 3 is 2.24 bits per heavy atom. The van der Waals surface area contributed by atoms with Crippen LogP contribution in [0.2, 0.25) is 0 Å². The molecule has 110 valence electrons. The third-order valence-corrected chi connectivity index (χ3v) is 2.49. The lowest BCUT2D eigenvalue weighted by Crippen LogP contribution is -2.06. The number of halogens is 3. The minimum absolute atomic E-state index is 0.0828. The summed E-state index contributed by atoms with van der Waals surface area (Å²) in [6, 6.07) is 1.31. The second-order valence-corrected chi connectivity index (χ2v) is 3.81. The maximum atomic E-state index is 13.1. The fourth-order valence-corrected chi connectivity index (χ4v) is 1.59. The van der Waals surface area contributed by atoms with E-state index >= 15 is 0 Å². The van der Waals surface area contributed by atoms with Crippen LogP contribution in [0.3, 0.4) is 0 Å². The van der Waals surface area contributed by atoms with Crippen molar-refractivity contribution in [2.45, 2.75) is 0 Å². The van der Waals surface area contributed by atoms with Gasteiger partial charge in [0.1, 0.15) is 6.33 Å². The topological polar surface area (TPSA) is 93.0 Å². The van der Waals surface area contributed by atoms with E-state index in [2.05, 4.69) is 20.6 Å². The van der Waals surface area contributed by atoms with E-state index in [4.69, 9.17) is 0 Å². The predicted molar refractivity (Wildman–Crippen MR) is 67.8 cm³/mol. The molecule has 0 bridgehead atoms. The van der Waals surface area contributed by atoms with Crippen molar-refractivity contribution >= 4 is 23.0 Å². The largest absolute Gasteiger partial charge is 0.367 e. The van der Waals surface area contributed by atoms with Gasteiger partial charge in [-0.05, 0) is 0 Å². The van der Waals surface area contributed by atoms with Crippen molar-refractivity contribution in [2.24, 2.45) is 0 Å². The third-order valence-electron chi connectivity index (χ3n) is 2.49. The zero-order valence-corrected chi connectivity index (χ0v) is 10.5. The Hall–Kier alpha value is -2.91. The Balaban J connectivity index is 2.47. The zero-order valence-electron chi connectivity index (χ0n) is 10.5. The van der Waals surface area contributed by atoms with Crippen molar-refractivity contribution in [3.8, 4) is 0 Å². The van der Waals surface area contributed by atoms with Crippen LogP contribution >= 0.6 is 0 Å². The molecule has 1 aromatic carbocycles. The van der Waals surface area contributed by atoms with E-state index in [1.54, 1.807) is 0 Å². The molecule has 2 aromatic rings. The van der Waals surface area contributed by atoms with Crippen LogP contribution in [0, 0.1) is 27.6 Å². The number of nitrogens with zero attached hydrogens (tertiary/aromatic N) is 3. The molecule has 0 aliphatic carbocycles. The van der Waals surface area contributed by atoms with Crippen LogP contribution < -0.4 is 10.6 Å². The Morgan fingerprint density at radius 1 is 1.14 bits per heavy atom. The fourth-order valence-electron chi connectivity index (χ4n) is 1.59. The molecular formula is C11H8F3N5O2. The number of benzene rings is 1. The molecule has 0 radical (unpaired) electrons. The molecule has 0 saturated heterocycles. The first-order valence-corrected chi connectivity index (χ1v) is 5.52. The summed E-state index contributed by atoms with van der Waals surface area (Å²) in [6.07, 6.45) is 1.03. The maximum absolute atomic E-state index is 13.1. The van der Waals surface area contributed by atoms with Crippen molar-refractivity contribution in [1.29, 1.82) is 0 Å². The van der Waals surface area contributed by atoms with Gasteiger partial charge in [-0.3, -0.25) is 10.1 Å². The predicted octanol–water partition coefficient (Wildman–Crippen LogP) is 2.59. The second-order valence-electron chi connectivity index (χ2n) is 3.81. The molecule has 2 rings (SSSR count). The van der Waals surface area contributed by atoms with Gasteiger partial charge in [0.2, 0.25) is 11.6 Å². The van der Waals surface area contributed by atoms with Crippen LogP contribution in [0.4, 0.5) is 36.2 Å². The molecule has 0 fully saturated rings. The number of nitro groups is 1. The molecule has 0 spiro atoms. The lowest BCUT2D eigenvalue weighted by atomic mass is 10.2. The van der Waals surface area contributed by atoms with Gasteiger partial charge >= 0.3 is 5.69 Å². The van der Waals surface area contributed by atoms with Gasteiger partial charge < -0.3 is 10.6 Å². The van der Waals surface area contributed by atoms with E-state index in [0.717, 1.165) is 6.33 Å². The first-order chi connectivity index (χ1) is 9.93. The summed E-state index contributed by atoms with van der Waals surface area (Å²) in [4.78, 5) is 17.6. The quantitative estimate of drug-likeness (QED) is 0.512. The van der Waals surface area contributed by atoms with Crippen molar-refractivity contribution in [1.82, 2.24) is 9.97 Å². The van der Waals surface area contributed by atoms with E-state index in [1.165, 1.54) is 7.05 Å². The average Bonchev–Trinajstić information content (AvgIpc) is 2.44. The summed E-state index contributed by atoms with van der Waals surface area (Å²) >= 11 is 0. The number of nitrogens with one attached hydrogen (secondary N) is 2. The Bertz CT molecular complexity index is 687. The SMILES string of the molecule is CNc1ncnc(Nc2cc(F)c(F)c(F)c2)c1[N+](=O)[O-]. The van der Waals surface area contributed by atoms with Gasteiger partial charge in [-0.15, -0.1) is 0 Å². The number of hydrogen-bond donors (Lipinski definition) is 2. The molecule has 0 amide bonds. The lowest BCUT2D eigenvalue weighted by molar-refractivity contribution is -0.383. The van der Waals surface area contributed by atoms with Crippen LogP contribution in [0.15, 0.2) is 18.5 Å². The zero-order chi connectivity index (χ0) is 15.6. The van der Waals surface area contributed by atoms with Gasteiger partial charge in [0.15, 0.2) is 17.5 Å². The van der Waals surface area contributed by atoms with Crippen molar-refractivity contribution < 1.29 is 18.1 Å². The summed E-state index contributed by atoms with van der Waals surface area (Å²) < 4.78 is 39.1. The normalized spacial score (nSPS) is 10.3. The molecule has 1 aromatic heterocycles. The Labute approximate surface area is 116 Å². The summed E-state index contributed by atoms with van der Waals surface area (Å²) in [5, 5.41) is 15.9. The maximum Gasteiger partial charge on any atom is 0.353 e. The molecule has 1 heterocycles. The van der Waals surface area contributed by atoms with Crippen LogP contribution in [-0.4, -0.2) is 21.9 Å². The Morgan fingerprint density at radius 2 is 1.71 bits per heavy atom. The molecule has 0 aliphatic rings. The Kier molecular flexibility index (Phi) is 3.87. The number of hydrogen-bond acceptors (Lipinski definition) is 6. The number of anilines is 3. The van der Waals surface area contributed by atoms with Crippen LogP contribution in [-0.2, 0) is 0 Å². The van der Waals surface area contributed by atoms with Gasteiger partial charge in [-0.1, -0.05) is 0 Å². The van der Waals surface area contributed by atoms with Gasteiger partial charge in [0.05, 0.1) is 4.92 Å². The molecule has 0 unspecified atom stereocenters. The number of rotatable bonds is 4. The molecule has 2 N–H and O–H groups in total. The van der Waals surface area contributed by atoms with E-state index in [-0.39, 0.29) is 17.3 Å². The van der Waals surface area contributed by atoms with Crippen molar-refractivity contribution in [2.75, 3.05) is 17.7 Å². The van der Waals surface area contributed by atoms with Gasteiger partial charge in [0.25, 0.3) is 0 Å². The first-order valence-electron chi connectivity index (χ1n) is 5.52. The highest BCUT2D eigenvalue weighted by molar-refractivity contribution is 5.73.